The van der Waals surface area contributed by atoms with E-state index >= 15 is 0 Å². The van der Waals surface area contributed by atoms with Crippen molar-refractivity contribution >= 4 is 27.7 Å². The van der Waals surface area contributed by atoms with E-state index in [0.717, 1.165) is 23.2 Å². The van der Waals surface area contributed by atoms with E-state index in [1.807, 2.05) is 30.5 Å². The molecule has 0 saturated heterocycles. The molecular weight excluding hydrogens is 322 g/mol. The molecule has 26 heavy (non-hydrogen) atoms. The molecule has 0 aliphatic carbocycles. The molecule has 2 N–H and O–H groups in total. The van der Waals surface area contributed by atoms with E-state index in [0.29, 0.717) is 13.0 Å². The van der Waals surface area contributed by atoms with Crippen molar-refractivity contribution in [3.05, 3.63) is 71.5 Å². The average molecular weight is 345 g/mol. The van der Waals surface area contributed by atoms with Gasteiger partial charge in [-0.1, -0.05) is 36.4 Å². The molecule has 0 aliphatic heterocycles. The van der Waals surface area contributed by atoms with Gasteiger partial charge in [0, 0.05) is 47.3 Å². The number of benzene rings is 2. The second kappa shape index (κ2) is 6.71. The average Bonchev–Trinajstić information content (AvgIpc) is 3.17. The van der Waals surface area contributed by atoms with E-state index in [1.54, 1.807) is 0 Å². The summed E-state index contributed by atoms with van der Waals surface area (Å²) < 4.78 is 2.16. The number of carbonyl (C=O) groups is 1. The number of fused-ring (bicyclic) bond motifs is 2. The molecule has 0 bridgehead atoms. The van der Waals surface area contributed by atoms with E-state index in [2.05, 4.69) is 53.1 Å². The van der Waals surface area contributed by atoms with Gasteiger partial charge in [0.1, 0.15) is 0 Å². The molecule has 1 amide bonds. The highest BCUT2D eigenvalue weighted by molar-refractivity contribution is 5.90. The minimum Gasteiger partial charge on any atom is -0.361 e. The number of aryl methyl sites for hydroxylation is 1. The van der Waals surface area contributed by atoms with Crippen LogP contribution in [0.1, 0.15) is 16.8 Å². The first-order valence-corrected chi connectivity index (χ1v) is 8.99. The summed E-state index contributed by atoms with van der Waals surface area (Å²) >= 11 is 0. The van der Waals surface area contributed by atoms with Gasteiger partial charge in [-0.3, -0.25) is 4.79 Å². The fourth-order valence-corrected chi connectivity index (χ4v) is 3.72. The quantitative estimate of drug-likeness (QED) is 0.567. The molecule has 2 heterocycles. The van der Waals surface area contributed by atoms with Gasteiger partial charge in [-0.2, -0.15) is 0 Å². The zero-order chi connectivity index (χ0) is 18.1. The number of hydrogen-bond donors (Lipinski definition) is 2. The Hall–Kier alpha value is -3.01. The Morgan fingerprint density at radius 3 is 2.65 bits per heavy atom. The number of aromatic amines is 1. The first-order chi connectivity index (χ1) is 12.6. The maximum absolute atomic E-state index is 12.5. The predicted molar refractivity (Wildman–Crippen MR) is 106 cm³/mol. The van der Waals surface area contributed by atoms with Crippen LogP contribution in [0.3, 0.4) is 0 Å². The first-order valence-electron chi connectivity index (χ1n) is 8.99. The van der Waals surface area contributed by atoms with Crippen molar-refractivity contribution in [1.82, 2.24) is 14.9 Å². The highest BCUT2D eigenvalue weighted by Crippen LogP contribution is 2.25. The van der Waals surface area contributed by atoms with Crippen LogP contribution >= 0.6 is 0 Å². The van der Waals surface area contributed by atoms with Crippen LogP contribution in [-0.4, -0.2) is 22.0 Å². The zero-order valence-electron chi connectivity index (χ0n) is 15.2. The molecular formula is C22H23N3O. The number of amides is 1. The van der Waals surface area contributed by atoms with Gasteiger partial charge in [0.05, 0.1) is 6.42 Å². The highest BCUT2D eigenvalue weighted by Gasteiger charge is 2.14. The molecule has 4 heteroatoms. The van der Waals surface area contributed by atoms with Crippen LogP contribution in [-0.2, 0) is 24.7 Å². The summed E-state index contributed by atoms with van der Waals surface area (Å²) in [6.07, 6.45) is 3.27. The van der Waals surface area contributed by atoms with Crippen molar-refractivity contribution in [3.63, 3.8) is 0 Å². The summed E-state index contributed by atoms with van der Waals surface area (Å²) in [5.41, 5.74) is 5.82. The van der Waals surface area contributed by atoms with Crippen molar-refractivity contribution in [2.45, 2.75) is 19.8 Å². The summed E-state index contributed by atoms with van der Waals surface area (Å²) in [5, 5.41) is 5.47. The van der Waals surface area contributed by atoms with Gasteiger partial charge < -0.3 is 14.9 Å². The highest BCUT2D eigenvalue weighted by atomic mass is 16.1. The van der Waals surface area contributed by atoms with Gasteiger partial charge >= 0.3 is 0 Å². The first kappa shape index (κ1) is 16.5. The van der Waals surface area contributed by atoms with Crippen molar-refractivity contribution in [1.29, 1.82) is 0 Å². The standard InChI is InChI=1S/C22H23N3O/c1-15-19(18-8-4-6-10-21(18)25(15)2)13-22(26)23-12-11-16-14-24-20-9-5-3-7-17(16)20/h3-10,14,24H,11-13H2,1-2H3,(H,23,26). The molecule has 4 nitrogen and oxygen atoms in total. The number of carbonyl (C=O) groups excluding carboxylic acids is 1. The monoisotopic (exact) mass is 345 g/mol. The van der Waals surface area contributed by atoms with Gasteiger partial charge in [0.2, 0.25) is 5.91 Å². The Morgan fingerprint density at radius 2 is 1.81 bits per heavy atom. The molecule has 0 saturated carbocycles. The molecule has 2 aromatic heterocycles. The molecule has 132 valence electrons. The number of nitrogens with zero attached hydrogens (tertiary/aromatic N) is 1. The molecule has 0 radical (unpaired) electrons. The number of para-hydroxylation sites is 2. The predicted octanol–water partition coefficient (Wildman–Crippen LogP) is 3.87. The number of nitrogens with one attached hydrogen (secondary N) is 2. The minimum absolute atomic E-state index is 0.0734. The molecule has 0 unspecified atom stereocenters. The third kappa shape index (κ3) is 2.88. The van der Waals surface area contributed by atoms with Crippen LogP contribution in [0.4, 0.5) is 0 Å². The second-order valence-electron chi connectivity index (χ2n) is 6.78. The van der Waals surface area contributed by atoms with Gasteiger partial charge in [-0.15, -0.1) is 0 Å². The molecule has 4 rings (SSSR count). The van der Waals surface area contributed by atoms with Crippen molar-refractivity contribution < 1.29 is 4.79 Å². The molecule has 0 atom stereocenters. The van der Waals surface area contributed by atoms with E-state index in [1.165, 1.54) is 21.9 Å². The fourth-order valence-electron chi connectivity index (χ4n) is 3.72. The Labute approximate surface area is 152 Å². The van der Waals surface area contributed by atoms with Crippen LogP contribution in [0.5, 0.6) is 0 Å². The summed E-state index contributed by atoms with van der Waals surface area (Å²) in [4.78, 5) is 15.8. The van der Waals surface area contributed by atoms with Crippen LogP contribution in [0.2, 0.25) is 0 Å². The Morgan fingerprint density at radius 1 is 1.08 bits per heavy atom. The normalized spacial score (nSPS) is 11.3. The smallest absolute Gasteiger partial charge is 0.224 e. The molecule has 0 aliphatic rings. The maximum Gasteiger partial charge on any atom is 0.224 e. The van der Waals surface area contributed by atoms with Crippen molar-refractivity contribution in [3.8, 4) is 0 Å². The van der Waals surface area contributed by atoms with Crippen molar-refractivity contribution in [2.75, 3.05) is 6.54 Å². The lowest BCUT2D eigenvalue weighted by atomic mass is 10.1. The van der Waals surface area contributed by atoms with E-state index < -0.39 is 0 Å². The number of rotatable bonds is 5. The Bertz CT molecular complexity index is 1090. The van der Waals surface area contributed by atoms with Gasteiger partial charge in [-0.05, 0) is 36.6 Å². The Balaban J connectivity index is 1.43. The topological polar surface area (TPSA) is 49.8 Å². The van der Waals surface area contributed by atoms with Crippen LogP contribution < -0.4 is 5.32 Å². The Kier molecular flexibility index (Phi) is 4.25. The third-order valence-electron chi connectivity index (χ3n) is 5.26. The van der Waals surface area contributed by atoms with Gasteiger partial charge in [0.15, 0.2) is 0 Å². The second-order valence-corrected chi connectivity index (χ2v) is 6.78. The summed E-state index contributed by atoms with van der Waals surface area (Å²) in [7, 11) is 2.05. The summed E-state index contributed by atoms with van der Waals surface area (Å²) in [6, 6.07) is 16.5. The number of H-pyrrole nitrogens is 1. The lowest BCUT2D eigenvalue weighted by molar-refractivity contribution is -0.120. The number of aromatic nitrogens is 2. The zero-order valence-corrected chi connectivity index (χ0v) is 15.2. The SMILES string of the molecule is Cc1c(CC(=O)NCCc2c[nH]c3ccccc23)c2ccccc2n1C. The summed E-state index contributed by atoms with van der Waals surface area (Å²) in [6.45, 7) is 2.72. The third-order valence-corrected chi connectivity index (χ3v) is 5.26. The van der Waals surface area contributed by atoms with E-state index in [4.69, 9.17) is 0 Å². The number of hydrogen-bond acceptors (Lipinski definition) is 1. The fraction of sp³-hybridized carbons (Fsp3) is 0.227. The molecule has 0 fully saturated rings. The van der Waals surface area contributed by atoms with Crippen LogP contribution in [0.25, 0.3) is 21.8 Å². The summed E-state index contributed by atoms with van der Waals surface area (Å²) in [5.74, 6) is 0.0734. The largest absolute Gasteiger partial charge is 0.361 e. The maximum atomic E-state index is 12.5. The van der Waals surface area contributed by atoms with E-state index in [9.17, 15) is 4.79 Å². The van der Waals surface area contributed by atoms with Gasteiger partial charge in [0.25, 0.3) is 0 Å². The van der Waals surface area contributed by atoms with Crippen LogP contribution in [0.15, 0.2) is 54.7 Å². The lowest BCUT2D eigenvalue weighted by Gasteiger charge is -2.06. The molecule has 0 spiro atoms. The minimum atomic E-state index is 0.0734. The lowest BCUT2D eigenvalue weighted by Crippen LogP contribution is -2.27. The molecule has 4 aromatic rings. The van der Waals surface area contributed by atoms with E-state index in [-0.39, 0.29) is 5.91 Å². The van der Waals surface area contributed by atoms with Crippen molar-refractivity contribution in [2.24, 2.45) is 7.05 Å². The molecule has 2 aromatic carbocycles. The van der Waals surface area contributed by atoms with Gasteiger partial charge in [-0.25, -0.2) is 0 Å². The van der Waals surface area contributed by atoms with Crippen LogP contribution in [0, 0.1) is 6.92 Å².